The Morgan fingerprint density at radius 1 is 0.966 bits per heavy atom. The molecular formula is C24H31NO4. The Morgan fingerprint density at radius 3 is 1.90 bits per heavy atom. The zero-order chi connectivity index (χ0) is 21.4. The van der Waals surface area contributed by atoms with E-state index in [4.69, 9.17) is 4.74 Å². The van der Waals surface area contributed by atoms with Gasteiger partial charge < -0.3 is 20.3 Å². The summed E-state index contributed by atoms with van der Waals surface area (Å²) in [6.07, 6.45) is 0.323. The molecule has 1 aliphatic rings. The van der Waals surface area contributed by atoms with E-state index in [0.717, 1.165) is 16.9 Å². The summed E-state index contributed by atoms with van der Waals surface area (Å²) in [5, 5.41) is 21.4. The van der Waals surface area contributed by atoms with Crippen LogP contribution < -0.4 is 10.1 Å². The Kier molecular flexibility index (Phi) is 5.28. The number of rotatable bonds is 5. The van der Waals surface area contributed by atoms with Crippen LogP contribution in [0.4, 0.5) is 4.79 Å². The first-order valence-electron chi connectivity index (χ1n) is 10.0. The van der Waals surface area contributed by atoms with Crippen molar-refractivity contribution >= 4 is 6.09 Å². The van der Waals surface area contributed by atoms with Gasteiger partial charge in [0.2, 0.25) is 0 Å². The lowest BCUT2D eigenvalue weighted by molar-refractivity contribution is -0.0398. The molecule has 0 saturated heterocycles. The molecule has 0 unspecified atom stereocenters. The SMILES string of the molecule is CC(C)(c1ccc(O)cc1)c1ccc(OC2CC(NC(=O)O)(C(C)(C)C)C2)cc1. The van der Waals surface area contributed by atoms with Crippen LogP contribution in [0.25, 0.3) is 0 Å². The highest BCUT2D eigenvalue weighted by atomic mass is 16.5. The van der Waals surface area contributed by atoms with Crippen molar-refractivity contribution in [2.24, 2.45) is 5.41 Å². The Morgan fingerprint density at radius 2 is 1.45 bits per heavy atom. The van der Waals surface area contributed by atoms with Crippen molar-refractivity contribution in [3.05, 3.63) is 59.7 Å². The molecule has 29 heavy (non-hydrogen) atoms. The van der Waals surface area contributed by atoms with Gasteiger partial charge in [0.25, 0.3) is 0 Å². The predicted molar refractivity (Wildman–Crippen MR) is 114 cm³/mol. The molecule has 1 aliphatic carbocycles. The molecule has 2 aromatic rings. The Labute approximate surface area is 172 Å². The van der Waals surface area contributed by atoms with Crippen LogP contribution >= 0.6 is 0 Å². The monoisotopic (exact) mass is 397 g/mol. The summed E-state index contributed by atoms with van der Waals surface area (Å²) < 4.78 is 6.11. The van der Waals surface area contributed by atoms with Crippen molar-refractivity contribution in [2.75, 3.05) is 0 Å². The normalized spacial score (nSPS) is 21.9. The van der Waals surface area contributed by atoms with Crippen LogP contribution in [0.2, 0.25) is 0 Å². The van der Waals surface area contributed by atoms with Gasteiger partial charge in [0.15, 0.2) is 0 Å². The van der Waals surface area contributed by atoms with E-state index in [1.165, 1.54) is 0 Å². The minimum absolute atomic E-state index is 0.00275. The Balaban J connectivity index is 1.67. The van der Waals surface area contributed by atoms with Crippen LogP contribution in [0, 0.1) is 5.41 Å². The number of hydrogen-bond donors (Lipinski definition) is 3. The standard InChI is InChI=1S/C24H31NO4/c1-22(2,3)24(25-21(27)28)14-20(15-24)29-19-12-8-17(9-13-19)23(4,5)16-6-10-18(26)11-7-16/h6-13,20,25-26H,14-15H2,1-5H3,(H,27,28). The Hall–Kier alpha value is -2.69. The summed E-state index contributed by atoms with van der Waals surface area (Å²) in [5.41, 5.74) is 1.45. The van der Waals surface area contributed by atoms with Crippen molar-refractivity contribution in [2.45, 2.75) is 64.5 Å². The number of phenolic OH excluding ortho intramolecular Hbond substituents is 1. The average Bonchev–Trinajstić information content (AvgIpc) is 2.59. The molecule has 5 nitrogen and oxygen atoms in total. The highest BCUT2D eigenvalue weighted by Gasteiger charge is 2.54. The lowest BCUT2D eigenvalue weighted by Gasteiger charge is -2.54. The fourth-order valence-corrected chi connectivity index (χ4v) is 4.09. The molecule has 1 saturated carbocycles. The second-order valence-electron chi connectivity index (χ2n) is 9.61. The van der Waals surface area contributed by atoms with Gasteiger partial charge in [-0.05, 0) is 40.8 Å². The van der Waals surface area contributed by atoms with Crippen LogP contribution in [-0.2, 0) is 5.41 Å². The van der Waals surface area contributed by atoms with Crippen LogP contribution in [0.1, 0.15) is 58.6 Å². The second kappa shape index (κ2) is 7.29. The van der Waals surface area contributed by atoms with E-state index in [1.54, 1.807) is 12.1 Å². The molecule has 0 atom stereocenters. The molecule has 0 radical (unpaired) electrons. The largest absolute Gasteiger partial charge is 0.508 e. The molecule has 1 amide bonds. The van der Waals surface area contributed by atoms with Crippen LogP contribution in [0.3, 0.4) is 0 Å². The van der Waals surface area contributed by atoms with Gasteiger partial charge in [0, 0.05) is 18.3 Å². The quantitative estimate of drug-likeness (QED) is 0.639. The number of hydrogen-bond acceptors (Lipinski definition) is 3. The molecule has 0 heterocycles. The maximum Gasteiger partial charge on any atom is 0.405 e. The third kappa shape index (κ3) is 4.19. The van der Waals surface area contributed by atoms with E-state index in [2.05, 4.69) is 52.1 Å². The van der Waals surface area contributed by atoms with Gasteiger partial charge in [0.05, 0.1) is 5.54 Å². The minimum atomic E-state index is -0.987. The number of amides is 1. The molecule has 0 spiro atoms. The van der Waals surface area contributed by atoms with E-state index in [-0.39, 0.29) is 22.7 Å². The number of nitrogens with one attached hydrogen (secondary N) is 1. The molecule has 0 aromatic heterocycles. The van der Waals surface area contributed by atoms with Crippen molar-refractivity contribution in [1.29, 1.82) is 0 Å². The number of carbonyl (C=O) groups is 1. The van der Waals surface area contributed by atoms with Gasteiger partial charge >= 0.3 is 6.09 Å². The number of aromatic hydroxyl groups is 1. The highest BCUT2D eigenvalue weighted by Crippen LogP contribution is 2.47. The zero-order valence-corrected chi connectivity index (χ0v) is 17.8. The molecule has 156 valence electrons. The maximum atomic E-state index is 11.2. The van der Waals surface area contributed by atoms with Crippen LogP contribution in [-0.4, -0.2) is 27.9 Å². The summed E-state index contributed by atoms with van der Waals surface area (Å²) in [5.74, 6) is 1.05. The van der Waals surface area contributed by atoms with Gasteiger partial charge in [-0.2, -0.15) is 0 Å². The molecule has 3 N–H and O–H groups in total. The molecule has 5 heteroatoms. The van der Waals surface area contributed by atoms with Crippen molar-refractivity contribution < 1.29 is 19.7 Å². The van der Waals surface area contributed by atoms with E-state index in [9.17, 15) is 15.0 Å². The maximum absolute atomic E-state index is 11.2. The van der Waals surface area contributed by atoms with Crippen molar-refractivity contribution in [1.82, 2.24) is 5.32 Å². The lowest BCUT2D eigenvalue weighted by atomic mass is 9.60. The Bertz CT molecular complexity index is 857. The fraction of sp³-hybridized carbons (Fsp3) is 0.458. The van der Waals surface area contributed by atoms with E-state index < -0.39 is 11.6 Å². The van der Waals surface area contributed by atoms with Gasteiger partial charge in [-0.3, -0.25) is 0 Å². The molecule has 1 fully saturated rings. The first-order chi connectivity index (χ1) is 13.4. The van der Waals surface area contributed by atoms with Crippen LogP contribution in [0.15, 0.2) is 48.5 Å². The van der Waals surface area contributed by atoms with Gasteiger partial charge in [-0.15, -0.1) is 0 Å². The smallest absolute Gasteiger partial charge is 0.405 e. The van der Waals surface area contributed by atoms with E-state index in [1.807, 2.05) is 24.3 Å². The van der Waals surface area contributed by atoms with Gasteiger partial charge in [-0.25, -0.2) is 4.79 Å². The first kappa shape index (κ1) is 21.0. The summed E-state index contributed by atoms with van der Waals surface area (Å²) >= 11 is 0. The summed E-state index contributed by atoms with van der Waals surface area (Å²) in [6, 6.07) is 15.4. The van der Waals surface area contributed by atoms with Crippen molar-refractivity contribution in [3.63, 3.8) is 0 Å². The molecule has 0 bridgehead atoms. The second-order valence-corrected chi connectivity index (χ2v) is 9.61. The number of ether oxygens (including phenoxy) is 1. The topological polar surface area (TPSA) is 78.8 Å². The minimum Gasteiger partial charge on any atom is -0.508 e. The number of benzene rings is 2. The van der Waals surface area contributed by atoms with Gasteiger partial charge in [-0.1, -0.05) is 58.9 Å². The molecule has 2 aromatic carbocycles. The molecular weight excluding hydrogens is 366 g/mol. The van der Waals surface area contributed by atoms with Crippen molar-refractivity contribution in [3.8, 4) is 11.5 Å². The van der Waals surface area contributed by atoms with E-state index >= 15 is 0 Å². The zero-order valence-electron chi connectivity index (χ0n) is 17.8. The summed E-state index contributed by atoms with van der Waals surface area (Å²) in [6.45, 7) is 10.5. The fourth-order valence-electron chi connectivity index (χ4n) is 4.09. The number of phenols is 1. The number of carboxylic acid groups (broad SMARTS) is 1. The lowest BCUT2D eigenvalue weighted by Crippen LogP contribution is -2.67. The highest BCUT2D eigenvalue weighted by molar-refractivity contribution is 5.66. The average molecular weight is 398 g/mol. The van der Waals surface area contributed by atoms with E-state index in [0.29, 0.717) is 12.8 Å². The third-order valence-electron chi connectivity index (χ3n) is 6.40. The van der Waals surface area contributed by atoms with Crippen LogP contribution in [0.5, 0.6) is 11.5 Å². The first-order valence-corrected chi connectivity index (χ1v) is 10.0. The summed E-state index contributed by atoms with van der Waals surface area (Å²) in [4.78, 5) is 11.2. The summed E-state index contributed by atoms with van der Waals surface area (Å²) in [7, 11) is 0. The third-order valence-corrected chi connectivity index (χ3v) is 6.40. The predicted octanol–water partition coefficient (Wildman–Crippen LogP) is 5.31. The molecule has 0 aliphatic heterocycles. The van der Waals surface area contributed by atoms with Gasteiger partial charge in [0.1, 0.15) is 17.6 Å². The molecule has 3 rings (SSSR count).